The SMILES string of the molecule is Cc1ccc(C(CNC(=O)Nc2ccc(C)cc2Br)N(C)C)cc1. The average Bonchev–Trinajstić information content (AvgIpc) is 2.52. The molecule has 2 aromatic rings. The molecule has 2 aromatic carbocycles. The van der Waals surface area contributed by atoms with E-state index in [1.54, 1.807) is 0 Å². The van der Waals surface area contributed by atoms with Crippen LogP contribution in [0.15, 0.2) is 46.9 Å². The molecule has 1 atom stereocenters. The monoisotopic (exact) mass is 389 g/mol. The van der Waals surface area contributed by atoms with Gasteiger partial charge in [-0.05, 0) is 67.1 Å². The first-order valence-corrected chi connectivity index (χ1v) is 8.70. The van der Waals surface area contributed by atoms with Crippen LogP contribution < -0.4 is 10.6 Å². The molecule has 0 aliphatic heterocycles. The molecule has 2 amide bonds. The maximum absolute atomic E-state index is 12.2. The first-order chi connectivity index (χ1) is 11.4. The minimum Gasteiger partial charge on any atom is -0.336 e. The van der Waals surface area contributed by atoms with E-state index < -0.39 is 0 Å². The molecule has 2 N–H and O–H groups in total. The normalized spacial score (nSPS) is 12.1. The third-order valence-electron chi connectivity index (χ3n) is 3.91. The van der Waals surface area contributed by atoms with E-state index in [0.717, 1.165) is 15.7 Å². The zero-order valence-electron chi connectivity index (χ0n) is 14.6. The van der Waals surface area contributed by atoms with Crippen molar-refractivity contribution in [3.05, 3.63) is 63.6 Å². The molecule has 0 saturated heterocycles. The molecule has 0 radical (unpaired) electrons. The number of amides is 2. The first kappa shape index (κ1) is 18.5. The number of carbonyl (C=O) groups is 1. The van der Waals surface area contributed by atoms with Crippen molar-refractivity contribution in [1.82, 2.24) is 10.2 Å². The van der Waals surface area contributed by atoms with Crippen molar-refractivity contribution in [3.8, 4) is 0 Å². The lowest BCUT2D eigenvalue weighted by Crippen LogP contribution is -2.37. The van der Waals surface area contributed by atoms with Crippen LogP contribution in [0.3, 0.4) is 0 Å². The number of likely N-dealkylation sites (N-methyl/N-ethyl adjacent to an activating group) is 1. The Morgan fingerprint density at radius 1 is 1.08 bits per heavy atom. The van der Waals surface area contributed by atoms with E-state index >= 15 is 0 Å². The van der Waals surface area contributed by atoms with E-state index in [4.69, 9.17) is 0 Å². The predicted octanol–water partition coefficient (Wildman–Crippen LogP) is 4.49. The lowest BCUT2D eigenvalue weighted by molar-refractivity contribution is 0.243. The molecule has 2 rings (SSSR count). The van der Waals surface area contributed by atoms with Crippen LogP contribution in [0.4, 0.5) is 10.5 Å². The highest BCUT2D eigenvalue weighted by atomic mass is 79.9. The third-order valence-corrected chi connectivity index (χ3v) is 4.57. The number of nitrogens with one attached hydrogen (secondary N) is 2. The summed E-state index contributed by atoms with van der Waals surface area (Å²) in [5.74, 6) is 0. The van der Waals surface area contributed by atoms with Crippen LogP contribution in [0.5, 0.6) is 0 Å². The molecule has 0 saturated carbocycles. The molecule has 0 heterocycles. The van der Waals surface area contributed by atoms with Crippen molar-refractivity contribution in [2.24, 2.45) is 0 Å². The highest BCUT2D eigenvalue weighted by Gasteiger charge is 2.15. The number of nitrogens with zero attached hydrogens (tertiary/aromatic N) is 1. The van der Waals surface area contributed by atoms with Gasteiger partial charge in [0.25, 0.3) is 0 Å². The zero-order chi connectivity index (χ0) is 17.7. The molecule has 0 fully saturated rings. The Morgan fingerprint density at radius 3 is 2.29 bits per heavy atom. The fourth-order valence-electron chi connectivity index (χ4n) is 2.46. The van der Waals surface area contributed by atoms with Crippen molar-refractivity contribution in [1.29, 1.82) is 0 Å². The fraction of sp³-hybridized carbons (Fsp3) is 0.316. The van der Waals surface area contributed by atoms with Crippen molar-refractivity contribution in [2.45, 2.75) is 19.9 Å². The minimum absolute atomic E-state index is 0.123. The van der Waals surface area contributed by atoms with E-state index in [1.165, 1.54) is 11.1 Å². The standard InChI is InChI=1S/C19H24BrN3O/c1-13-5-8-15(9-6-13)18(23(3)4)12-21-19(24)22-17-10-7-14(2)11-16(17)20/h5-11,18H,12H2,1-4H3,(H2,21,22,24). The molecule has 4 nitrogen and oxygen atoms in total. The smallest absolute Gasteiger partial charge is 0.319 e. The van der Waals surface area contributed by atoms with Gasteiger partial charge in [0.05, 0.1) is 11.7 Å². The minimum atomic E-state index is -0.210. The van der Waals surface area contributed by atoms with Gasteiger partial charge in [0.1, 0.15) is 0 Å². The topological polar surface area (TPSA) is 44.4 Å². The van der Waals surface area contributed by atoms with Crippen LogP contribution in [0, 0.1) is 13.8 Å². The van der Waals surface area contributed by atoms with Gasteiger partial charge in [-0.15, -0.1) is 0 Å². The summed E-state index contributed by atoms with van der Waals surface area (Å²) in [7, 11) is 4.03. The Balaban J connectivity index is 1.98. The Hall–Kier alpha value is -1.85. The van der Waals surface area contributed by atoms with Crippen LogP contribution >= 0.6 is 15.9 Å². The molecule has 0 aliphatic carbocycles. The summed E-state index contributed by atoms with van der Waals surface area (Å²) in [5, 5.41) is 5.83. The number of aryl methyl sites for hydroxylation is 2. The number of rotatable bonds is 5. The number of hydrogen-bond acceptors (Lipinski definition) is 2. The number of anilines is 1. The Bertz CT molecular complexity index is 698. The second kappa shape index (κ2) is 8.31. The lowest BCUT2D eigenvalue weighted by atomic mass is 10.0. The van der Waals surface area contributed by atoms with Crippen LogP contribution in [-0.4, -0.2) is 31.6 Å². The summed E-state index contributed by atoms with van der Waals surface area (Å²) in [6.45, 7) is 4.61. The Kier molecular flexibility index (Phi) is 6.40. The molecule has 0 aliphatic rings. The molecule has 1 unspecified atom stereocenters. The van der Waals surface area contributed by atoms with Crippen molar-refractivity contribution < 1.29 is 4.79 Å². The number of carbonyl (C=O) groups excluding carboxylic acids is 1. The van der Waals surface area contributed by atoms with Crippen LogP contribution in [0.25, 0.3) is 0 Å². The van der Waals surface area contributed by atoms with Gasteiger partial charge in [0.2, 0.25) is 0 Å². The second-order valence-corrected chi connectivity index (χ2v) is 7.06. The quantitative estimate of drug-likeness (QED) is 0.790. The third kappa shape index (κ3) is 5.08. The lowest BCUT2D eigenvalue weighted by Gasteiger charge is -2.25. The van der Waals surface area contributed by atoms with Gasteiger partial charge >= 0.3 is 6.03 Å². The van der Waals surface area contributed by atoms with Gasteiger partial charge < -0.3 is 15.5 Å². The molecule has 0 bridgehead atoms. The zero-order valence-corrected chi connectivity index (χ0v) is 16.1. The predicted molar refractivity (Wildman–Crippen MR) is 104 cm³/mol. The number of hydrogen-bond donors (Lipinski definition) is 2. The van der Waals surface area contributed by atoms with E-state index in [0.29, 0.717) is 6.54 Å². The summed E-state index contributed by atoms with van der Waals surface area (Å²) in [6.07, 6.45) is 0. The summed E-state index contributed by atoms with van der Waals surface area (Å²) in [5.41, 5.74) is 4.31. The molecular weight excluding hydrogens is 366 g/mol. The molecular formula is C19H24BrN3O. The first-order valence-electron chi connectivity index (χ1n) is 7.91. The van der Waals surface area contributed by atoms with Gasteiger partial charge in [0, 0.05) is 11.0 Å². The second-order valence-electron chi connectivity index (χ2n) is 6.21. The largest absolute Gasteiger partial charge is 0.336 e. The summed E-state index contributed by atoms with van der Waals surface area (Å²) >= 11 is 3.47. The highest BCUT2D eigenvalue weighted by Crippen LogP contribution is 2.23. The molecule has 24 heavy (non-hydrogen) atoms. The summed E-state index contributed by atoms with van der Waals surface area (Å²) < 4.78 is 0.875. The summed E-state index contributed by atoms with van der Waals surface area (Å²) in [4.78, 5) is 14.3. The van der Waals surface area contributed by atoms with Crippen LogP contribution in [-0.2, 0) is 0 Å². The number of halogens is 1. The fourth-order valence-corrected chi connectivity index (χ4v) is 3.06. The van der Waals surface area contributed by atoms with E-state index in [9.17, 15) is 4.79 Å². The number of urea groups is 1. The molecule has 0 aromatic heterocycles. The van der Waals surface area contributed by atoms with Crippen LogP contribution in [0.1, 0.15) is 22.7 Å². The van der Waals surface area contributed by atoms with E-state index in [-0.39, 0.29) is 12.1 Å². The van der Waals surface area contributed by atoms with E-state index in [1.807, 2.05) is 39.2 Å². The Labute approximate surface area is 152 Å². The van der Waals surface area contributed by atoms with Crippen molar-refractivity contribution in [3.63, 3.8) is 0 Å². The summed E-state index contributed by atoms with van der Waals surface area (Å²) in [6, 6.07) is 14.1. The molecule has 0 spiro atoms. The molecule has 5 heteroatoms. The highest BCUT2D eigenvalue weighted by molar-refractivity contribution is 9.10. The number of benzene rings is 2. The van der Waals surface area contributed by atoms with Crippen molar-refractivity contribution in [2.75, 3.05) is 26.0 Å². The molecule has 128 valence electrons. The van der Waals surface area contributed by atoms with E-state index in [2.05, 4.69) is 62.7 Å². The Morgan fingerprint density at radius 2 is 1.71 bits per heavy atom. The van der Waals surface area contributed by atoms with Crippen LogP contribution in [0.2, 0.25) is 0 Å². The van der Waals surface area contributed by atoms with Crippen molar-refractivity contribution >= 4 is 27.6 Å². The van der Waals surface area contributed by atoms with Gasteiger partial charge in [-0.25, -0.2) is 4.79 Å². The van der Waals surface area contributed by atoms with Gasteiger partial charge in [-0.1, -0.05) is 35.9 Å². The maximum Gasteiger partial charge on any atom is 0.319 e. The van der Waals surface area contributed by atoms with Gasteiger partial charge in [-0.2, -0.15) is 0 Å². The maximum atomic E-state index is 12.2. The van der Waals surface area contributed by atoms with Gasteiger partial charge in [-0.3, -0.25) is 0 Å². The average molecular weight is 390 g/mol. The van der Waals surface area contributed by atoms with Gasteiger partial charge in [0.15, 0.2) is 0 Å².